The number of hydrogen-bond acceptors (Lipinski definition) is 6. The van der Waals surface area contributed by atoms with E-state index in [1.54, 1.807) is 24.3 Å². The fourth-order valence-electron chi connectivity index (χ4n) is 2.95. The lowest BCUT2D eigenvalue weighted by Crippen LogP contribution is -2.26. The molecule has 2 aromatic carbocycles. The first-order valence-electron chi connectivity index (χ1n) is 7.95. The van der Waals surface area contributed by atoms with E-state index in [2.05, 4.69) is 4.98 Å². The molecule has 0 unspecified atom stereocenters. The Morgan fingerprint density at radius 3 is 2.30 bits per heavy atom. The van der Waals surface area contributed by atoms with Crippen molar-refractivity contribution in [1.82, 2.24) is 9.55 Å². The molecule has 0 aliphatic rings. The molecular weight excluding hydrogens is 358 g/mol. The third kappa shape index (κ3) is 2.54. The second kappa shape index (κ2) is 6.41. The van der Waals surface area contributed by atoms with Crippen LogP contribution in [0.5, 0.6) is 0 Å². The van der Waals surface area contributed by atoms with Crippen LogP contribution in [0.3, 0.4) is 0 Å². The van der Waals surface area contributed by atoms with Crippen LogP contribution in [-0.2, 0) is 0 Å². The fraction of sp³-hybridized carbons (Fsp3) is 0. The van der Waals surface area contributed by atoms with Crippen molar-refractivity contribution in [2.75, 3.05) is 5.73 Å². The lowest BCUT2D eigenvalue weighted by Gasteiger charge is -2.13. The standard InChI is InChI=1S/C20H11N5OS/c21-10-13-17(12-6-2-1-3-7-12)14(11-22)19(26)25(18(13)23)20-24-15-8-4-5-9-16(15)27-20/h1-9H,23H2. The van der Waals surface area contributed by atoms with E-state index in [4.69, 9.17) is 5.73 Å². The Labute approximate surface area is 158 Å². The first kappa shape index (κ1) is 16.5. The van der Waals surface area contributed by atoms with E-state index in [1.165, 1.54) is 11.3 Å². The van der Waals surface area contributed by atoms with Crippen molar-refractivity contribution < 1.29 is 0 Å². The number of nitrogens with zero attached hydrogens (tertiary/aromatic N) is 4. The van der Waals surface area contributed by atoms with E-state index in [1.807, 2.05) is 42.5 Å². The Balaban J connectivity index is 2.10. The van der Waals surface area contributed by atoms with E-state index in [-0.39, 0.29) is 22.5 Å². The minimum absolute atomic E-state index is 0.0283. The molecule has 0 fully saturated rings. The Hall–Kier alpha value is -3.94. The summed E-state index contributed by atoms with van der Waals surface area (Å²) in [6.07, 6.45) is 0. The molecule has 0 saturated heterocycles. The number of nitrogen functional groups attached to an aromatic ring is 1. The lowest BCUT2D eigenvalue weighted by atomic mass is 9.96. The van der Waals surface area contributed by atoms with E-state index < -0.39 is 5.56 Å². The molecule has 4 rings (SSSR count). The molecule has 2 heterocycles. The molecule has 0 bridgehead atoms. The largest absolute Gasteiger partial charge is 0.384 e. The van der Waals surface area contributed by atoms with Crippen LogP contribution in [0.15, 0.2) is 59.4 Å². The highest BCUT2D eigenvalue weighted by Gasteiger charge is 2.23. The normalized spacial score (nSPS) is 10.4. The minimum atomic E-state index is -0.591. The SMILES string of the molecule is N#Cc1c(-c2ccccc2)c(C#N)c(=O)n(-c2nc3ccccc3s2)c1N. The Kier molecular flexibility index (Phi) is 3.92. The van der Waals surface area contributed by atoms with Crippen molar-refractivity contribution >= 4 is 27.4 Å². The quantitative estimate of drug-likeness (QED) is 0.582. The molecule has 7 heteroatoms. The highest BCUT2D eigenvalue weighted by atomic mass is 32.1. The molecule has 0 spiro atoms. The van der Waals surface area contributed by atoms with Crippen LogP contribution in [0.1, 0.15) is 11.1 Å². The molecule has 6 nitrogen and oxygen atoms in total. The molecule has 0 amide bonds. The predicted octanol–water partition coefficient (Wildman–Crippen LogP) is 3.44. The molecule has 0 saturated carbocycles. The van der Waals surface area contributed by atoms with Crippen molar-refractivity contribution in [3.05, 3.63) is 76.1 Å². The lowest BCUT2D eigenvalue weighted by molar-refractivity contribution is 0.981. The van der Waals surface area contributed by atoms with Crippen molar-refractivity contribution in [2.24, 2.45) is 0 Å². The van der Waals surface area contributed by atoms with Gasteiger partial charge in [0.2, 0.25) is 0 Å². The predicted molar refractivity (Wildman–Crippen MR) is 104 cm³/mol. The zero-order chi connectivity index (χ0) is 19.0. The van der Waals surface area contributed by atoms with Crippen LogP contribution in [-0.4, -0.2) is 9.55 Å². The van der Waals surface area contributed by atoms with Gasteiger partial charge in [0.25, 0.3) is 5.56 Å². The van der Waals surface area contributed by atoms with Gasteiger partial charge in [0.15, 0.2) is 5.13 Å². The second-order valence-electron chi connectivity index (χ2n) is 5.70. The Bertz CT molecular complexity index is 1290. The average Bonchev–Trinajstić information content (AvgIpc) is 3.12. The third-order valence-electron chi connectivity index (χ3n) is 4.17. The number of anilines is 1. The number of para-hydroxylation sites is 1. The van der Waals surface area contributed by atoms with E-state index in [0.29, 0.717) is 16.2 Å². The molecule has 0 aliphatic heterocycles. The van der Waals surface area contributed by atoms with Gasteiger partial charge < -0.3 is 5.73 Å². The zero-order valence-electron chi connectivity index (χ0n) is 13.9. The number of nitrogens with two attached hydrogens (primary N) is 1. The van der Waals surface area contributed by atoms with Gasteiger partial charge >= 0.3 is 0 Å². The highest BCUT2D eigenvalue weighted by Crippen LogP contribution is 2.32. The average molecular weight is 369 g/mol. The monoisotopic (exact) mass is 369 g/mol. The van der Waals surface area contributed by atoms with Gasteiger partial charge in [-0.05, 0) is 17.7 Å². The summed E-state index contributed by atoms with van der Waals surface area (Å²) >= 11 is 1.27. The number of thiazole rings is 1. The number of hydrogen-bond donors (Lipinski definition) is 1. The van der Waals surface area contributed by atoms with Crippen LogP contribution < -0.4 is 11.3 Å². The van der Waals surface area contributed by atoms with Crippen LogP contribution in [0.2, 0.25) is 0 Å². The van der Waals surface area contributed by atoms with Gasteiger partial charge in [0.1, 0.15) is 29.1 Å². The van der Waals surface area contributed by atoms with Crippen LogP contribution in [0.25, 0.3) is 26.5 Å². The van der Waals surface area contributed by atoms with Gasteiger partial charge in [-0.2, -0.15) is 10.5 Å². The van der Waals surface area contributed by atoms with Crippen LogP contribution >= 0.6 is 11.3 Å². The molecule has 27 heavy (non-hydrogen) atoms. The molecular formula is C20H11N5OS. The summed E-state index contributed by atoms with van der Waals surface area (Å²) < 4.78 is 2.02. The van der Waals surface area contributed by atoms with Gasteiger partial charge in [0, 0.05) is 5.56 Å². The van der Waals surface area contributed by atoms with Crippen LogP contribution in [0, 0.1) is 22.7 Å². The topological polar surface area (TPSA) is 108 Å². The maximum atomic E-state index is 13.1. The molecule has 4 aromatic rings. The molecule has 2 aromatic heterocycles. The molecule has 0 atom stereocenters. The third-order valence-corrected chi connectivity index (χ3v) is 5.20. The number of fused-ring (bicyclic) bond motifs is 1. The second-order valence-corrected chi connectivity index (χ2v) is 6.71. The Morgan fingerprint density at radius 1 is 0.963 bits per heavy atom. The molecule has 0 aliphatic carbocycles. The number of pyridine rings is 1. The summed E-state index contributed by atoms with van der Waals surface area (Å²) in [6.45, 7) is 0. The fourth-order valence-corrected chi connectivity index (χ4v) is 3.93. The van der Waals surface area contributed by atoms with Crippen molar-refractivity contribution in [3.8, 4) is 28.4 Å². The number of aromatic nitrogens is 2. The number of nitriles is 2. The minimum Gasteiger partial charge on any atom is -0.384 e. The van der Waals surface area contributed by atoms with Crippen molar-refractivity contribution in [1.29, 1.82) is 10.5 Å². The summed E-state index contributed by atoms with van der Waals surface area (Å²) in [5, 5.41) is 19.7. The van der Waals surface area contributed by atoms with Gasteiger partial charge in [-0.3, -0.25) is 4.79 Å². The zero-order valence-corrected chi connectivity index (χ0v) is 14.7. The van der Waals surface area contributed by atoms with Gasteiger partial charge in [-0.15, -0.1) is 0 Å². The smallest absolute Gasteiger partial charge is 0.277 e. The molecule has 128 valence electrons. The van der Waals surface area contributed by atoms with E-state index in [9.17, 15) is 15.3 Å². The highest BCUT2D eigenvalue weighted by molar-refractivity contribution is 7.20. The van der Waals surface area contributed by atoms with Gasteiger partial charge in [-0.25, -0.2) is 9.55 Å². The van der Waals surface area contributed by atoms with Crippen molar-refractivity contribution in [3.63, 3.8) is 0 Å². The van der Waals surface area contributed by atoms with Crippen molar-refractivity contribution in [2.45, 2.75) is 0 Å². The molecule has 0 radical (unpaired) electrons. The molecule has 2 N–H and O–H groups in total. The summed E-state index contributed by atoms with van der Waals surface area (Å²) in [4.78, 5) is 17.5. The van der Waals surface area contributed by atoms with Gasteiger partial charge in [-0.1, -0.05) is 53.8 Å². The van der Waals surface area contributed by atoms with Crippen LogP contribution in [0.4, 0.5) is 5.82 Å². The van der Waals surface area contributed by atoms with E-state index in [0.717, 1.165) is 9.27 Å². The summed E-state index contributed by atoms with van der Waals surface area (Å²) in [6, 6.07) is 20.2. The van der Waals surface area contributed by atoms with Gasteiger partial charge in [0.05, 0.1) is 10.2 Å². The first-order valence-corrected chi connectivity index (χ1v) is 8.77. The maximum Gasteiger partial charge on any atom is 0.277 e. The summed E-state index contributed by atoms with van der Waals surface area (Å²) in [5.41, 5.74) is 7.12. The maximum absolute atomic E-state index is 13.1. The summed E-state index contributed by atoms with van der Waals surface area (Å²) in [7, 11) is 0. The van der Waals surface area contributed by atoms with E-state index >= 15 is 0 Å². The Morgan fingerprint density at radius 2 is 1.63 bits per heavy atom. The number of benzene rings is 2. The number of rotatable bonds is 2. The first-order chi connectivity index (χ1) is 13.2. The summed E-state index contributed by atoms with van der Waals surface area (Å²) in [5.74, 6) is -0.0283.